The summed E-state index contributed by atoms with van der Waals surface area (Å²) in [6, 6.07) is 68.3. The molecule has 0 unspecified atom stereocenters. The van der Waals surface area contributed by atoms with Gasteiger partial charge in [-0.3, -0.25) is 0 Å². The number of nitrogens with zero attached hydrogens (tertiary/aromatic N) is 1. The van der Waals surface area contributed by atoms with Gasteiger partial charge in [-0.25, -0.2) is 0 Å². The Balaban J connectivity index is 1.20. The van der Waals surface area contributed by atoms with Crippen molar-refractivity contribution in [1.29, 1.82) is 0 Å². The summed E-state index contributed by atoms with van der Waals surface area (Å²) in [4.78, 5) is 2.40. The summed E-state index contributed by atoms with van der Waals surface area (Å²) in [6.07, 6.45) is 0. The number of anilines is 3. The molecule has 1 aliphatic rings. The minimum absolute atomic E-state index is 0.136. The van der Waals surface area contributed by atoms with Gasteiger partial charge < -0.3 is 9.32 Å². The molecule has 0 atom stereocenters. The summed E-state index contributed by atoms with van der Waals surface area (Å²) in [7, 11) is 0. The Labute approximate surface area is 320 Å². The molecule has 1 aromatic heterocycles. The van der Waals surface area contributed by atoms with Crippen molar-refractivity contribution in [3.63, 3.8) is 0 Å². The van der Waals surface area contributed by atoms with Gasteiger partial charge in [-0.1, -0.05) is 166 Å². The van der Waals surface area contributed by atoms with Crippen LogP contribution in [0, 0.1) is 0 Å². The number of benzene rings is 9. The summed E-state index contributed by atoms with van der Waals surface area (Å²) < 4.78 is 6.73. The third-order valence-electron chi connectivity index (χ3n) is 11.8. The first-order valence-electron chi connectivity index (χ1n) is 19.1. The fraction of sp³-hybridized carbons (Fsp3) is 0.0566. The highest BCUT2D eigenvalue weighted by Crippen LogP contribution is 2.56. The predicted molar refractivity (Wildman–Crippen MR) is 232 cm³/mol. The summed E-state index contributed by atoms with van der Waals surface area (Å²) in [5, 5.41) is 7.19. The van der Waals surface area contributed by atoms with Crippen LogP contribution >= 0.6 is 0 Å². The van der Waals surface area contributed by atoms with Gasteiger partial charge in [0.25, 0.3) is 0 Å². The van der Waals surface area contributed by atoms with Crippen molar-refractivity contribution in [3.8, 4) is 33.4 Å². The van der Waals surface area contributed by atoms with Crippen LogP contribution < -0.4 is 4.90 Å². The SMILES string of the molecule is CC1(C)c2ccccc2-c2c(-c3ccc(N(c4cccc(-c5ccccc5)c4)c4cccc5c4oc4ccccc45)c4ccccc34)cc3ccccc3c21. The van der Waals surface area contributed by atoms with Crippen LogP contribution in [-0.2, 0) is 5.41 Å². The lowest BCUT2D eigenvalue weighted by atomic mass is 9.79. The predicted octanol–water partition coefficient (Wildman–Crippen LogP) is 15.0. The van der Waals surface area contributed by atoms with Gasteiger partial charge in [0.2, 0.25) is 0 Å². The van der Waals surface area contributed by atoms with Crippen LogP contribution in [0.1, 0.15) is 25.0 Å². The molecule has 9 aromatic carbocycles. The molecule has 0 N–H and O–H groups in total. The smallest absolute Gasteiger partial charge is 0.159 e. The maximum atomic E-state index is 6.73. The van der Waals surface area contributed by atoms with E-state index in [1.54, 1.807) is 0 Å². The van der Waals surface area contributed by atoms with Crippen LogP contribution in [0.4, 0.5) is 17.1 Å². The molecular weight excluding hydrogens is 667 g/mol. The molecule has 0 bridgehead atoms. The van der Waals surface area contributed by atoms with Crippen molar-refractivity contribution in [3.05, 3.63) is 199 Å². The molecule has 11 rings (SSSR count). The number of hydrogen-bond donors (Lipinski definition) is 0. The van der Waals surface area contributed by atoms with E-state index in [0.717, 1.165) is 44.6 Å². The van der Waals surface area contributed by atoms with Crippen molar-refractivity contribution in [2.24, 2.45) is 0 Å². The maximum absolute atomic E-state index is 6.73. The second kappa shape index (κ2) is 12.1. The van der Waals surface area contributed by atoms with Crippen molar-refractivity contribution in [2.75, 3.05) is 4.90 Å². The summed E-state index contributed by atoms with van der Waals surface area (Å²) in [5.74, 6) is 0. The van der Waals surface area contributed by atoms with Crippen LogP contribution in [0.25, 0.3) is 76.9 Å². The van der Waals surface area contributed by atoms with Crippen LogP contribution in [0.3, 0.4) is 0 Å². The Kier molecular flexibility index (Phi) is 6.93. The van der Waals surface area contributed by atoms with E-state index < -0.39 is 0 Å². The quantitative estimate of drug-likeness (QED) is 0.177. The van der Waals surface area contributed by atoms with Crippen molar-refractivity contribution >= 4 is 60.5 Å². The summed E-state index contributed by atoms with van der Waals surface area (Å²) >= 11 is 0. The van der Waals surface area contributed by atoms with Gasteiger partial charge in [0.05, 0.1) is 11.4 Å². The highest BCUT2D eigenvalue weighted by molar-refractivity contribution is 6.15. The molecular formula is C53H37NO. The zero-order valence-corrected chi connectivity index (χ0v) is 30.8. The molecule has 2 nitrogen and oxygen atoms in total. The molecule has 260 valence electrons. The van der Waals surface area contributed by atoms with Crippen molar-refractivity contribution < 1.29 is 4.42 Å². The molecule has 0 fully saturated rings. The standard InChI is InChI=1S/C53H37NO/c1-53(2)46-27-12-10-25-44(46)50-45(33-36-18-6-7-21-38(36)51(50)53)40-30-31-47(41-23-9-8-22-39(40)41)54(37-20-14-19-35(32-37)34-16-4-3-5-17-34)48-28-15-26-43-42-24-11-13-29-49(42)55-52(43)48/h3-33H,1-2H3. The van der Waals surface area contributed by atoms with Crippen LogP contribution in [0.5, 0.6) is 0 Å². The average molecular weight is 704 g/mol. The van der Waals surface area contributed by atoms with E-state index >= 15 is 0 Å². The molecule has 0 saturated carbocycles. The van der Waals surface area contributed by atoms with Gasteiger partial charge in [-0.05, 0) is 97.1 Å². The molecule has 10 aromatic rings. The highest BCUT2D eigenvalue weighted by Gasteiger charge is 2.38. The van der Waals surface area contributed by atoms with Gasteiger partial charge in [0.15, 0.2) is 5.58 Å². The molecule has 0 aliphatic heterocycles. The average Bonchev–Trinajstić information content (AvgIpc) is 3.74. The largest absolute Gasteiger partial charge is 0.454 e. The van der Waals surface area contributed by atoms with Gasteiger partial charge in [0, 0.05) is 27.3 Å². The summed E-state index contributed by atoms with van der Waals surface area (Å²) in [6.45, 7) is 4.77. The first kappa shape index (κ1) is 31.6. The second-order valence-electron chi connectivity index (χ2n) is 15.2. The fourth-order valence-corrected chi connectivity index (χ4v) is 9.35. The zero-order valence-electron chi connectivity index (χ0n) is 30.8. The Hall–Kier alpha value is -6.90. The number of rotatable bonds is 5. The Bertz CT molecular complexity index is 3130. The second-order valence-corrected chi connectivity index (χ2v) is 15.2. The Morgan fingerprint density at radius 3 is 1.98 bits per heavy atom. The van der Waals surface area contributed by atoms with E-state index in [-0.39, 0.29) is 5.41 Å². The lowest BCUT2D eigenvalue weighted by molar-refractivity contribution is 0.666. The lowest BCUT2D eigenvalue weighted by Crippen LogP contribution is -2.15. The Morgan fingerprint density at radius 1 is 0.436 bits per heavy atom. The first-order valence-corrected chi connectivity index (χ1v) is 19.1. The first-order chi connectivity index (χ1) is 27.1. The normalized spacial score (nSPS) is 13.1. The number of fused-ring (bicyclic) bond motifs is 9. The molecule has 0 saturated heterocycles. The third kappa shape index (κ3) is 4.74. The number of furan rings is 1. The molecule has 0 spiro atoms. The molecule has 1 heterocycles. The number of para-hydroxylation sites is 2. The maximum Gasteiger partial charge on any atom is 0.159 e. The van der Waals surface area contributed by atoms with Crippen molar-refractivity contribution in [1.82, 2.24) is 0 Å². The van der Waals surface area contributed by atoms with E-state index in [4.69, 9.17) is 4.42 Å². The molecule has 0 radical (unpaired) electrons. The lowest BCUT2D eigenvalue weighted by Gasteiger charge is -2.28. The van der Waals surface area contributed by atoms with Gasteiger partial charge in [-0.15, -0.1) is 0 Å². The third-order valence-corrected chi connectivity index (χ3v) is 11.8. The number of hydrogen-bond acceptors (Lipinski definition) is 2. The topological polar surface area (TPSA) is 16.4 Å². The van der Waals surface area contributed by atoms with Gasteiger partial charge in [-0.2, -0.15) is 0 Å². The van der Waals surface area contributed by atoms with Crippen LogP contribution in [0.15, 0.2) is 192 Å². The van der Waals surface area contributed by atoms with Crippen LogP contribution in [0.2, 0.25) is 0 Å². The monoisotopic (exact) mass is 703 g/mol. The molecule has 2 heteroatoms. The van der Waals surface area contributed by atoms with Gasteiger partial charge in [0.1, 0.15) is 5.58 Å². The Morgan fingerprint density at radius 2 is 1.11 bits per heavy atom. The van der Waals surface area contributed by atoms with E-state index in [2.05, 4.69) is 201 Å². The van der Waals surface area contributed by atoms with E-state index in [0.29, 0.717) is 0 Å². The van der Waals surface area contributed by atoms with E-state index in [9.17, 15) is 0 Å². The van der Waals surface area contributed by atoms with E-state index in [1.165, 1.54) is 60.5 Å². The molecule has 1 aliphatic carbocycles. The van der Waals surface area contributed by atoms with Crippen molar-refractivity contribution in [2.45, 2.75) is 19.3 Å². The minimum atomic E-state index is -0.136. The van der Waals surface area contributed by atoms with E-state index in [1.807, 2.05) is 6.07 Å². The fourth-order valence-electron chi connectivity index (χ4n) is 9.35. The minimum Gasteiger partial charge on any atom is -0.454 e. The highest BCUT2D eigenvalue weighted by atomic mass is 16.3. The summed E-state index contributed by atoms with van der Waals surface area (Å²) in [5.41, 5.74) is 15.1. The molecule has 0 amide bonds. The van der Waals surface area contributed by atoms with Crippen LogP contribution in [-0.4, -0.2) is 0 Å². The molecule has 55 heavy (non-hydrogen) atoms. The zero-order chi connectivity index (χ0) is 36.7. The van der Waals surface area contributed by atoms with Gasteiger partial charge >= 0.3 is 0 Å².